The Labute approximate surface area is 107 Å². The largest absolute Gasteiger partial charge is 0.480 e. The van der Waals surface area contributed by atoms with Gasteiger partial charge in [-0.15, -0.1) is 0 Å². The van der Waals surface area contributed by atoms with Gasteiger partial charge in [-0.1, -0.05) is 12.1 Å². The van der Waals surface area contributed by atoms with Crippen LogP contribution < -0.4 is 5.32 Å². The van der Waals surface area contributed by atoms with E-state index in [-0.39, 0.29) is 16.8 Å². The minimum absolute atomic E-state index is 0.246. The number of nitrogens with one attached hydrogen (secondary N) is 1. The number of hydrogen-bond acceptors (Lipinski definition) is 5. The molecule has 0 aliphatic rings. The molecule has 1 atom stereocenters. The number of carboxylic acid groups (broad SMARTS) is 1. The zero-order valence-electron chi connectivity index (χ0n) is 9.99. The van der Waals surface area contributed by atoms with Gasteiger partial charge in [0.05, 0.1) is 11.5 Å². The molecule has 8 nitrogen and oxygen atoms in total. The van der Waals surface area contributed by atoms with Gasteiger partial charge in [0.2, 0.25) is 0 Å². The van der Waals surface area contributed by atoms with E-state index in [0.29, 0.717) is 0 Å². The monoisotopic (exact) mass is 268 g/mol. The van der Waals surface area contributed by atoms with Gasteiger partial charge in [0, 0.05) is 5.56 Å². The number of nitro groups is 1. The van der Waals surface area contributed by atoms with E-state index in [1.807, 2.05) is 5.32 Å². The van der Waals surface area contributed by atoms with E-state index in [1.165, 1.54) is 25.1 Å². The number of aliphatic hydroxyl groups excluding tert-OH is 1. The molecule has 0 spiro atoms. The summed E-state index contributed by atoms with van der Waals surface area (Å²) in [6.45, 7) is 0.663. The van der Waals surface area contributed by atoms with Crippen LogP contribution in [0.15, 0.2) is 18.2 Å². The van der Waals surface area contributed by atoms with Crippen molar-refractivity contribution < 1.29 is 24.7 Å². The Morgan fingerprint density at radius 2 is 2.11 bits per heavy atom. The molecular formula is C11H12N2O6. The van der Waals surface area contributed by atoms with Crippen LogP contribution in [0.4, 0.5) is 5.69 Å². The van der Waals surface area contributed by atoms with Crippen molar-refractivity contribution in [1.82, 2.24) is 5.32 Å². The summed E-state index contributed by atoms with van der Waals surface area (Å²) in [5.74, 6) is -2.34. The molecule has 0 radical (unpaired) electrons. The molecule has 0 saturated heterocycles. The molecule has 1 aromatic rings. The molecule has 0 fully saturated rings. The number of carbonyl (C=O) groups excluding carboxylic acids is 1. The van der Waals surface area contributed by atoms with E-state index in [2.05, 4.69) is 0 Å². The number of nitro benzene ring substituents is 1. The average Bonchev–Trinajstić information content (AvgIpc) is 2.34. The number of amides is 1. The van der Waals surface area contributed by atoms with Crippen LogP contribution in [0, 0.1) is 17.0 Å². The van der Waals surface area contributed by atoms with Gasteiger partial charge >= 0.3 is 5.97 Å². The molecule has 1 aromatic carbocycles. The lowest BCUT2D eigenvalue weighted by atomic mass is 10.1. The van der Waals surface area contributed by atoms with E-state index in [0.717, 1.165) is 0 Å². The SMILES string of the molecule is Cc1cccc(C(=O)N[C@@H](CO)C(=O)O)c1[N+](=O)[O-]. The normalized spacial score (nSPS) is 11.7. The minimum Gasteiger partial charge on any atom is -0.480 e. The van der Waals surface area contributed by atoms with Crippen molar-refractivity contribution in [3.63, 3.8) is 0 Å². The summed E-state index contributed by atoms with van der Waals surface area (Å²) in [6, 6.07) is 2.63. The third-order valence-electron chi connectivity index (χ3n) is 2.45. The Kier molecular flexibility index (Phi) is 4.54. The summed E-state index contributed by atoms with van der Waals surface area (Å²) in [4.78, 5) is 32.7. The number of carboxylic acids is 1. The predicted octanol–water partition coefficient (Wildman–Crippen LogP) is 0.0785. The van der Waals surface area contributed by atoms with Gasteiger partial charge in [-0.05, 0) is 13.0 Å². The van der Waals surface area contributed by atoms with Gasteiger partial charge in [0.15, 0.2) is 6.04 Å². The number of benzene rings is 1. The Bertz CT molecular complexity index is 528. The van der Waals surface area contributed by atoms with E-state index >= 15 is 0 Å². The van der Waals surface area contributed by atoms with Crippen LogP contribution in [0.3, 0.4) is 0 Å². The molecule has 0 bridgehead atoms. The maximum atomic E-state index is 11.8. The molecule has 3 N–H and O–H groups in total. The number of aryl methyl sites for hydroxylation is 1. The quantitative estimate of drug-likeness (QED) is 0.512. The molecule has 0 aliphatic carbocycles. The average molecular weight is 268 g/mol. The summed E-state index contributed by atoms with van der Waals surface area (Å²) in [7, 11) is 0. The first kappa shape index (κ1) is 14.6. The zero-order valence-corrected chi connectivity index (χ0v) is 9.99. The molecule has 102 valence electrons. The number of para-hydroxylation sites is 1. The fourth-order valence-corrected chi connectivity index (χ4v) is 1.51. The molecule has 1 rings (SSSR count). The minimum atomic E-state index is -1.51. The summed E-state index contributed by atoms with van der Waals surface area (Å²) in [6.07, 6.45) is 0. The predicted molar refractivity (Wildman–Crippen MR) is 63.8 cm³/mol. The maximum absolute atomic E-state index is 11.8. The van der Waals surface area contributed by atoms with Gasteiger partial charge in [-0.2, -0.15) is 0 Å². The lowest BCUT2D eigenvalue weighted by Crippen LogP contribution is -2.43. The van der Waals surface area contributed by atoms with Crippen LogP contribution in [-0.4, -0.2) is 39.7 Å². The lowest BCUT2D eigenvalue weighted by Gasteiger charge is -2.12. The Morgan fingerprint density at radius 1 is 1.47 bits per heavy atom. The van der Waals surface area contributed by atoms with Crippen LogP contribution >= 0.6 is 0 Å². The molecule has 0 saturated carbocycles. The molecule has 19 heavy (non-hydrogen) atoms. The summed E-state index contributed by atoms with van der Waals surface area (Å²) in [5, 5.41) is 30.4. The van der Waals surface area contributed by atoms with Crippen LogP contribution in [-0.2, 0) is 4.79 Å². The highest BCUT2D eigenvalue weighted by Crippen LogP contribution is 2.22. The van der Waals surface area contributed by atoms with Crippen molar-refractivity contribution in [2.75, 3.05) is 6.61 Å². The fourth-order valence-electron chi connectivity index (χ4n) is 1.51. The molecule has 0 aliphatic heterocycles. The fraction of sp³-hybridized carbons (Fsp3) is 0.273. The highest BCUT2D eigenvalue weighted by Gasteiger charge is 2.26. The van der Waals surface area contributed by atoms with Crippen molar-refractivity contribution in [3.8, 4) is 0 Å². The summed E-state index contributed by atoms with van der Waals surface area (Å²) >= 11 is 0. The molecule has 8 heteroatoms. The number of nitrogens with zero attached hydrogens (tertiary/aromatic N) is 1. The second-order valence-electron chi connectivity index (χ2n) is 3.78. The Morgan fingerprint density at radius 3 is 2.58 bits per heavy atom. The van der Waals surface area contributed by atoms with Crippen molar-refractivity contribution in [2.24, 2.45) is 0 Å². The first-order chi connectivity index (χ1) is 8.88. The smallest absolute Gasteiger partial charge is 0.328 e. The second-order valence-corrected chi connectivity index (χ2v) is 3.78. The van der Waals surface area contributed by atoms with Crippen LogP contribution in [0.1, 0.15) is 15.9 Å². The van der Waals surface area contributed by atoms with Gasteiger partial charge < -0.3 is 15.5 Å². The van der Waals surface area contributed by atoms with Crippen molar-refractivity contribution in [1.29, 1.82) is 0 Å². The molecule has 0 heterocycles. The standard InChI is InChI=1S/C11H12N2O6/c1-6-3-2-4-7(9(6)13(18)19)10(15)12-8(5-14)11(16)17/h2-4,8,14H,5H2,1H3,(H,12,15)(H,16,17)/t8-/m0/s1. The molecule has 0 aromatic heterocycles. The summed E-state index contributed by atoms with van der Waals surface area (Å²) in [5.41, 5.74) is -0.347. The van der Waals surface area contributed by atoms with Crippen LogP contribution in [0.5, 0.6) is 0 Å². The topological polar surface area (TPSA) is 130 Å². The van der Waals surface area contributed by atoms with Gasteiger partial charge in [0.1, 0.15) is 5.56 Å². The van der Waals surface area contributed by atoms with E-state index in [4.69, 9.17) is 10.2 Å². The highest BCUT2D eigenvalue weighted by molar-refractivity contribution is 6.00. The zero-order chi connectivity index (χ0) is 14.6. The van der Waals surface area contributed by atoms with Crippen LogP contribution in [0.25, 0.3) is 0 Å². The van der Waals surface area contributed by atoms with Crippen molar-refractivity contribution in [3.05, 3.63) is 39.4 Å². The first-order valence-corrected chi connectivity index (χ1v) is 5.27. The van der Waals surface area contributed by atoms with Crippen molar-refractivity contribution in [2.45, 2.75) is 13.0 Å². The first-order valence-electron chi connectivity index (χ1n) is 5.27. The van der Waals surface area contributed by atoms with E-state index < -0.39 is 29.4 Å². The number of rotatable bonds is 5. The second kappa shape index (κ2) is 5.91. The van der Waals surface area contributed by atoms with Gasteiger partial charge in [0.25, 0.3) is 11.6 Å². The molecule has 1 amide bonds. The Hall–Kier alpha value is -2.48. The molecule has 0 unspecified atom stereocenters. The van der Waals surface area contributed by atoms with E-state index in [1.54, 1.807) is 0 Å². The maximum Gasteiger partial charge on any atom is 0.328 e. The van der Waals surface area contributed by atoms with Gasteiger partial charge in [-0.25, -0.2) is 4.79 Å². The number of carbonyl (C=O) groups is 2. The van der Waals surface area contributed by atoms with Crippen molar-refractivity contribution >= 4 is 17.6 Å². The lowest BCUT2D eigenvalue weighted by molar-refractivity contribution is -0.385. The van der Waals surface area contributed by atoms with Gasteiger partial charge in [-0.3, -0.25) is 14.9 Å². The summed E-state index contributed by atoms with van der Waals surface area (Å²) < 4.78 is 0. The third kappa shape index (κ3) is 3.26. The van der Waals surface area contributed by atoms with E-state index in [9.17, 15) is 19.7 Å². The third-order valence-corrected chi connectivity index (χ3v) is 2.45. The number of aliphatic carboxylic acids is 1. The highest BCUT2D eigenvalue weighted by atomic mass is 16.6. The Balaban J connectivity index is 3.10. The molecular weight excluding hydrogens is 256 g/mol. The van der Waals surface area contributed by atoms with Crippen LogP contribution in [0.2, 0.25) is 0 Å². The number of aliphatic hydroxyl groups is 1. The number of hydrogen-bond donors (Lipinski definition) is 3.